The van der Waals surface area contributed by atoms with Gasteiger partial charge in [0.25, 0.3) is 0 Å². The Morgan fingerprint density at radius 1 is 1.13 bits per heavy atom. The molecule has 2 rings (SSSR count). The fraction of sp³-hybridized carbons (Fsp3) is 0.143. The number of sulfonamides is 1. The molecule has 3 N–H and O–H groups in total. The number of hydrogen-bond acceptors (Lipinski definition) is 6. The molecule has 0 saturated carbocycles. The van der Waals surface area contributed by atoms with Gasteiger partial charge in [0.15, 0.2) is 0 Å². The van der Waals surface area contributed by atoms with Gasteiger partial charge in [-0.1, -0.05) is 30.3 Å². The summed E-state index contributed by atoms with van der Waals surface area (Å²) in [6, 6.07) is 12.9. The third-order valence-corrected chi connectivity index (χ3v) is 4.40. The van der Waals surface area contributed by atoms with Crippen molar-refractivity contribution in [1.82, 2.24) is 4.72 Å². The summed E-state index contributed by atoms with van der Waals surface area (Å²) in [5, 5.41) is 17.6. The normalized spacial score (nSPS) is 11.1. The molecule has 0 bridgehead atoms. The Kier molecular flexibility index (Phi) is 5.61. The quantitative estimate of drug-likeness (QED) is 0.637. The predicted molar refractivity (Wildman–Crippen MR) is 84.3 cm³/mol. The van der Waals surface area contributed by atoms with Crippen LogP contribution < -0.4 is 14.1 Å². The maximum absolute atomic E-state index is 12.5. The third-order valence-electron chi connectivity index (χ3n) is 2.98. The van der Waals surface area contributed by atoms with E-state index in [0.29, 0.717) is 0 Å². The minimum atomic E-state index is -3.88. The van der Waals surface area contributed by atoms with E-state index in [4.69, 9.17) is 14.8 Å². The molecule has 2 aromatic rings. The average molecular weight is 337 g/mol. The standard InChI is InChI=1S/C14H16BNO6S/c1-21-13-8-7-12(22-15(17)18)9-14(13)23(19,20)16-10-11-5-3-2-4-6-11/h2-9,16-18H,10H2,1H3. The lowest BCUT2D eigenvalue weighted by molar-refractivity contribution is 0.287. The molecule has 2 aromatic carbocycles. The van der Waals surface area contributed by atoms with E-state index in [9.17, 15) is 8.42 Å². The fourth-order valence-corrected chi connectivity index (χ4v) is 3.11. The molecular weight excluding hydrogens is 321 g/mol. The Bertz CT molecular complexity index is 751. The van der Waals surface area contributed by atoms with Crippen LogP contribution in [0.1, 0.15) is 5.56 Å². The molecule has 122 valence electrons. The van der Waals surface area contributed by atoms with E-state index >= 15 is 0 Å². The molecule has 0 heterocycles. The van der Waals surface area contributed by atoms with E-state index in [0.717, 1.165) is 11.6 Å². The second-order valence-corrected chi connectivity index (χ2v) is 6.30. The van der Waals surface area contributed by atoms with Crippen molar-refractivity contribution in [1.29, 1.82) is 0 Å². The van der Waals surface area contributed by atoms with Crippen LogP contribution in [0.4, 0.5) is 0 Å². The Labute approximate surface area is 134 Å². The molecular formula is C14H16BNO6S. The van der Waals surface area contributed by atoms with E-state index in [1.807, 2.05) is 6.07 Å². The van der Waals surface area contributed by atoms with Gasteiger partial charge in [-0.15, -0.1) is 0 Å². The SMILES string of the molecule is COc1ccc(OB(O)O)cc1S(=O)(=O)NCc1ccccc1. The van der Waals surface area contributed by atoms with Gasteiger partial charge in [-0.25, -0.2) is 13.1 Å². The van der Waals surface area contributed by atoms with E-state index in [1.165, 1.54) is 19.2 Å². The molecule has 0 amide bonds. The second-order valence-electron chi connectivity index (χ2n) is 4.57. The van der Waals surface area contributed by atoms with Gasteiger partial charge in [-0.3, -0.25) is 0 Å². The Hall–Kier alpha value is -2.07. The summed E-state index contributed by atoms with van der Waals surface area (Å²) in [5.41, 5.74) is 0.799. The zero-order valence-corrected chi connectivity index (χ0v) is 13.2. The molecule has 0 radical (unpaired) electrons. The van der Waals surface area contributed by atoms with Crippen molar-refractivity contribution in [3.05, 3.63) is 54.1 Å². The first-order valence-electron chi connectivity index (χ1n) is 6.67. The van der Waals surface area contributed by atoms with E-state index < -0.39 is 17.3 Å². The molecule has 0 saturated heterocycles. The first kappa shape index (κ1) is 17.3. The lowest BCUT2D eigenvalue weighted by atomic mass is 10.2. The highest BCUT2D eigenvalue weighted by molar-refractivity contribution is 7.89. The molecule has 0 fully saturated rings. The Balaban J connectivity index is 2.26. The molecule has 0 spiro atoms. The van der Waals surface area contributed by atoms with Gasteiger partial charge in [0.2, 0.25) is 10.0 Å². The molecule has 0 atom stereocenters. The maximum Gasteiger partial charge on any atom is 0.707 e. The first-order valence-corrected chi connectivity index (χ1v) is 8.15. The second kappa shape index (κ2) is 7.47. The summed E-state index contributed by atoms with van der Waals surface area (Å²) in [4.78, 5) is -0.158. The monoisotopic (exact) mass is 337 g/mol. The van der Waals surface area contributed by atoms with Crippen molar-refractivity contribution in [3.8, 4) is 11.5 Å². The third kappa shape index (κ3) is 4.70. The van der Waals surface area contributed by atoms with Gasteiger partial charge < -0.3 is 19.4 Å². The van der Waals surface area contributed by atoms with Crippen molar-refractivity contribution < 1.29 is 27.9 Å². The number of nitrogens with one attached hydrogen (secondary N) is 1. The van der Waals surface area contributed by atoms with Gasteiger partial charge in [0, 0.05) is 12.6 Å². The topological polar surface area (TPSA) is 105 Å². The van der Waals surface area contributed by atoms with Gasteiger partial charge >= 0.3 is 7.32 Å². The molecule has 0 aliphatic carbocycles. The highest BCUT2D eigenvalue weighted by atomic mass is 32.2. The van der Waals surface area contributed by atoms with Crippen LogP contribution in [0, 0.1) is 0 Å². The van der Waals surface area contributed by atoms with Crippen LogP contribution in [-0.2, 0) is 16.6 Å². The van der Waals surface area contributed by atoms with E-state index in [2.05, 4.69) is 9.38 Å². The zero-order valence-electron chi connectivity index (χ0n) is 12.3. The molecule has 0 aromatic heterocycles. The zero-order chi connectivity index (χ0) is 16.9. The van der Waals surface area contributed by atoms with Crippen molar-refractivity contribution in [2.75, 3.05) is 7.11 Å². The Morgan fingerprint density at radius 2 is 1.83 bits per heavy atom. The largest absolute Gasteiger partial charge is 0.707 e. The van der Waals surface area contributed by atoms with Crippen molar-refractivity contribution in [2.24, 2.45) is 0 Å². The van der Waals surface area contributed by atoms with E-state index in [-0.39, 0.29) is 22.9 Å². The fourth-order valence-electron chi connectivity index (χ4n) is 1.91. The predicted octanol–water partition coefficient (Wildman–Crippen LogP) is 0.522. The highest BCUT2D eigenvalue weighted by Gasteiger charge is 2.21. The summed E-state index contributed by atoms with van der Waals surface area (Å²) in [6.07, 6.45) is 0. The number of rotatable bonds is 7. The van der Waals surface area contributed by atoms with Crippen LogP contribution in [-0.4, -0.2) is 32.9 Å². The molecule has 9 heteroatoms. The first-order chi connectivity index (χ1) is 10.9. The number of hydrogen-bond donors (Lipinski definition) is 3. The van der Waals surface area contributed by atoms with Crippen LogP contribution in [0.2, 0.25) is 0 Å². The minimum Gasteiger partial charge on any atom is -0.512 e. The average Bonchev–Trinajstić information content (AvgIpc) is 2.53. The summed E-state index contributed by atoms with van der Waals surface area (Å²) < 4.78 is 37.1. The van der Waals surface area contributed by atoms with Crippen molar-refractivity contribution in [2.45, 2.75) is 11.4 Å². The molecule has 23 heavy (non-hydrogen) atoms. The van der Waals surface area contributed by atoms with Crippen LogP contribution >= 0.6 is 0 Å². The molecule has 0 unspecified atom stereocenters. The van der Waals surface area contributed by atoms with Gasteiger partial charge in [0.1, 0.15) is 16.4 Å². The number of ether oxygens (including phenoxy) is 1. The highest BCUT2D eigenvalue weighted by Crippen LogP contribution is 2.28. The summed E-state index contributed by atoms with van der Waals surface area (Å²) in [6.45, 7) is 0.111. The van der Waals surface area contributed by atoms with Crippen LogP contribution in [0.5, 0.6) is 11.5 Å². The van der Waals surface area contributed by atoms with Crippen LogP contribution in [0.3, 0.4) is 0 Å². The van der Waals surface area contributed by atoms with Gasteiger partial charge in [0.05, 0.1) is 7.11 Å². The van der Waals surface area contributed by atoms with E-state index in [1.54, 1.807) is 24.3 Å². The lowest BCUT2D eigenvalue weighted by Gasteiger charge is -2.13. The molecule has 0 aliphatic heterocycles. The summed E-state index contributed by atoms with van der Waals surface area (Å²) >= 11 is 0. The summed E-state index contributed by atoms with van der Waals surface area (Å²) in [5.74, 6) is 0.103. The van der Waals surface area contributed by atoms with Crippen molar-refractivity contribution >= 4 is 17.3 Å². The smallest absolute Gasteiger partial charge is 0.512 e. The molecule has 7 nitrogen and oxygen atoms in total. The van der Waals surface area contributed by atoms with Crippen molar-refractivity contribution in [3.63, 3.8) is 0 Å². The summed E-state index contributed by atoms with van der Waals surface area (Å²) in [7, 11) is -4.58. The van der Waals surface area contributed by atoms with Crippen LogP contribution in [0.15, 0.2) is 53.4 Å². The van der Waals surface area contributed by atoms with Gasteiger partial charge in [-0.2, -0.15) is 0 Å². The van der Waals surface area contributed by atoms with Gasteiger partial charge in [-0.05, 0) is 17.7 Å². The maximum atomic E-state index is 12.5. The number of benzene rings is 2. The van der Waals surface area contributed by atoms with Crippen LogP contribution in [0.25, 0.3) is 0 Å². The molecule has 0 aliphatic rings. The number of methoxy groups -OCH3 is 1. The Morgan fingerprint density at radius 3 is 2.43 bits per heavy atom. The minimum absolute atomic E-state index is 0.0131. The lowest BCUT2D eigenvalue weighted by Crippen LogP contribution is -2.24.